The number of amides is 1. The van der Waals surface area contributed by atoms with Gasteiger partial charge in [-0.1, -0.05) is 0 Å². The number of carbonyl (C=O) groups is 1. The van der Waals surface area contributed by atoms with Crippen LogP contribution in [0.25, 0.3) is 0 Å². The fraction of sp³-hybridized carbons (Fsp3) is 0.688. The number of aliphatic hydroxyl groups is 1. The maximum atomic E-state index is 12.8. The van der Waals surface area contributed by atoms with Crippen molar-refractivity contribution in [1.82, 2.24) is 4.90 Å². The molecule has 2 heterocycles. The summed E-state index contributed by atoms with van der Waals surface area (Å²) in [5.74, 6) is 2.49. The molecule has 1 N–H and O–H groups in total. The van der Waals surface area contributed by atoms with Crippen LogP contribution in [-0.4, -0.2) is 48.3 Å². The molecule has 4 atom stereocenters. The van der Waals surface area contributed by atoms with Crippen LogP contribution in [-0.2, 0) is 0 Å². The molecule has 2 saturated carbocycles. The van der Waals surface area contributed by atoms with Crippen molar-refractivity contribution in [1.29, 1.82) is 0 Å². The Morgan fingerprint density at radius 2 is 1.91 bits per heavy atom. The summed E-state index contributed by atoms with van der Waals surface area (Å²) in [5, 5.41) is 11.6. The largest absolute Gasteiger partial charge is 0.485 e. The fourth-order valence-corrected chi connectivity index (χ4v) is 5.12. The smallest absolute Gasteiger partial charge is 0.267 e. The zero-order valence-corrected chi connectivity index (χ0v) is 13.5. The summed E-state index contributed by atoms with van der Waals surface area (Å²) in [6.45, 7) is 1.04. The van der Waals surface area contributed by atoms with E-state index in [9.17, 15) is 9.90 Å². The maximum Gasteiger partial charge on any atom is 0.267 e. The van der Waals surface area contributed by atoms with E-state index in [-0.39, 0.29) is 18.1 Å². The average Bonchev–Trinajstić information content (AvgIpc) is 3.17. The van der Waals surface area contributed by atoms with Crippen LogP contribution in [0.1, 0.15) is 35.4 Å². The van der Waals surface area contributed by atoms with Crippen LogP contribution in [0.3, 0.4) is 0 Å². The van der Waals surface area contributed by atoms with Gasteiger partial charge in [0.15, 0.2) is 11.5 Å². The number of hydrogen-bond donors (Lipinski definition) is 1. The number of rotatable bonds is 2. The zero-order valence-electron chi connectivity index (χ0n) is 12.7. The van der Waals surface area contributed by atoms with Crippen LogP contribution < -0.4 is 9.47 Å². The van der Waals surface area contributed by atoms with Crippen molar-refractivity contribution in [2.75, 3.05) is 20.3 Å². The summed E-state index contributed by atoms with van der Waals surface area (Å²) in [5.41, 5.74) is 0. The Labute approximate surface area is 133 Å². The van der Waals surface area contributed by atoms with Crippen molar-refractivity contribution < 1.29 is 19.4 Å². The van der Waals surface area contributed by atoms with Crippen molar-refractivity contribution in [3.8, 4) is 11.5 Å². The second-order valence-electron chi connectivity index (χ2n) is 6.64. The number of fused-ring (bicyclic) bond motifs is 2. The highest BCUT2D eigenvalue weighted by Crippen LogP contribution is 2.46. The van der Waals surface area contributed by atoms with E-state index in [1.807, 2.05) is 17.3 Å². The van der Waals surface area contributed by atoms with Gasteiger partial charge in [-0.25, -0.2) is 0 Å². The lowest BCUT2D eigenvalue weighted by atomic mass is 10.0. The highest BCUT2D eigenvalue weighted by Gasteiger charge is 2.43. The molecular weight excluding hydrogens is 302 g/mol. The summed E-state index contributed by atoms with van der Waals surface area (Å²) >= 11 is 1.40. The highest BCUT2D eigenvalue weighted by atomic mass is 32.1. The molecule has 0 saturated heterocycles. The summed E-state index contributed by atoms with van der Waals surface area (Å²) in [7, 11) is 1.89. The van der Waals surface area contributed by atoms with Gasteiger partial charge in [-0.2, -0.15) is 0 Å². The number of aliphatic hydroxyl groups excluding tert-OH is 1. The van der Waals surface area contributed by atoms with E-state index in [4.69, 9.17) is 9.47 Å². The lowest BCUT2D eigenvalue weighted by molar-refractivity contribution is 0.0718. The first-order valence-corrected chi connectivity index (χ1v) is 8.83. The third-order valence-corrected chi connectivity index (χ3v) is 6.26. The molecule has 4 rings (SSSR count). The Bertz CT molecular complexity index is 573. The second-order valence-corrected chi connectivity index (χ2v) is 7.52. The van der Waals surface area contributed by atoms with Crippen LogP contribution in [0.2, 0.25) is 0 Å². The van der Waals surface area contributed by atoms with Gasteiger partial charge >= 0.3 is 0 Å². The molecule has 5 nitrogen and oxygen atoms in total. The van der Waals surface area contributed by atoms with Gasteiger partial charge in [-0.3, -0.25) is 4.79 Å². The van der Waals surface area contributed by atoms with Crippen molar-refractivity contribution in [3.63, 3.8) is 0 Å². The van der Waals surface area contributed by atoms with E-state index in [0.717, 1.165) is 25.7 Å². The van der Waals surface area contributed by atoms with E-state index in [2.05, 4.69) is 0 Å². The van der Waals surface area contributed by atoms with Gasteiger partial charge in [0.05, 0.1) is 6.10 Å². The monoisotopic (exact) mass is 323 g/mol. The predicted molar refractivity (Wildman–Crippen MR) is 82.6 cm³/mol. The van der Waals surface area contributed by atoms with Gasteiger partial charge in [-0.15, -0.1) is 11.3 Å². The lowest BCUT2D eigenvalue weighted by Crippen LogP contribution is -2.36. The first-order chi connectivity index (χ1) is 10.6. The molecule has 2 aliphatic carbocycles. The van der Waals surface area contributed by atoms with E-state index >= 15 is 0 Å². The summed E-state index contributed by atoms with van der Waals surface area (Å²) in [4.78, 5) is 15.3. The van der Waals surface area contributed by atoms with Crippen LogP contribution in [0.4, 0.5) is 0 Å². The molecule has 0 radical (unpaired) electrons. The molecule has 6 heteroatoms. The van der Waals surface area contributed by atoms with E-state index in [1.54, 1.807) is 0 Å². The molecule has 0 bridgehead atoms. The van der Waals surface area contributed by atoms with Crippen LogP contribution in [0.5, 0.6) is 11.5 Å². The van der Waals surface area contributed by atoms with Crippen LogP contribution >= 0.6 is 11.3 Å². The summed E-state index contributed by atoms with van der Waals surface area (Å²) in [6.07, 6.45) is 3.68. The summed E-state index contributed by atoms with van der Waals surface area (Å²) in [6, 6.07) is 0.275. The molecule has 2 fully saturated rings. The van der Waals surface area contributed by atoms with Crippen LogP contribution in [0, 0.1) is 11.8 Å². The molecule has 1 aromatic rings. The Morgan fingerprint density at radius 1 is 1.23 bits per heavy atom. The van der Waals surface area contributed by atoms with Gasteiger partial charge < -0.3 is 19.5 Å². The second kappa shape index (κ2) is 5.42. The van der Waals surface area contributed by atoms with Crippen molar-refractivity contribution in [3.05, 3.63) is 10.3 Å². The third kappa shape index (κ3) is 2.29. The lowest BCUT2D eigenvalue weighted by Gasteiger charge is -2.26. The number of ether oxygens (including phenoxy) is 2. The Kier molecular flexibility index (Phi) is 3.53. The minimum atomic E-state index is -0.133. The molecule has 22 heavy (non-hydrogen) atoms. The first-order valence-electron chi connectivity index (χ1n) is 7.95. The molecule has 120 valence electrons. The minimum Gasteiger partial charge on any atom is -0.485 e. The maximum absolute atomic E-state index is 12.8. The molecule has 1 aliphatic heterocycles. The Balaban J connectivity index is 1.48. The quantitative estimate of drug-likeness (QED) is 0.906. The van der Waals surface area contributed by atoms with Gasteiger partial charge in [0.1, 0.15) is 18.1 Å². The van der Waals surface area contributed by atoms with Gasteiger partial charge in [-0.05, 0) is 37.5 Å². The molecule has 1 aromatic heterocycles. The van der Waals surface area contributed by atoms with Crippen molar-refractivity contribution in [2.45, 2.75) is 37.8 Å². The average molecular weight is 323 g/mol. The predicted octanol–water partition coefficient (Wildman–Crippen LogP) is 2.14. The van der Waals surface area contributed by atoms with E-state index in [0.29, 0.717) is 41.4 Å². The highest BCUT2D eigenvalue weighted by molar-refractivity contribution is 7.12. The Morgan fingerprint density at radius 3 is 2.64 bits per heavy atom. The molecule has 0 aromatic carbocycles. The number of hydrogen-bond acceptors (Lipinski definition) is 5. The van der Waals surface area contributed by atoms with Gasteiger partial charge in [0, 0.05) is 18.5 Å². The molecule has 1 amide bonds. The Hall–Kier alpha value is -1.27. The molecule has 2 unspecified atom stereocenters. The van der Waals surface area contributed by atoms with E-state index in [1.165, 1.54) is 11.3 Å². The SMILES string of the molecule is CN(C(=O)c1scc2c1OCCO2)C1C[C@H]2CC(O)C[C@H]2C1. The fourth-order valence-electron chi connectivity index (χ4n) is 4.21. The molecule has 0 spiro atoms. The van der Waals surface area contributed by atoms with Gasteiger partial charge in [0.25, 0.3) is 5.91 Å². The normalized spacial score (nSPS) is 32.8. The van der Waals surface area contributed by atoms with E-state index < -0.39 is 0 Å². The summed E-state index contributed by atoms with van der Waals surface area (Å²) < 4.78 is 11.1. The first kappa shape index (κ1) is 14.3. The molecule has 3 aliphatic rings. The number of thiophene rings is 1. The van der Waals surface area contributed by atoms with Gasteiger partial charge in [0.2, 0.25) is 0 Å². The third-order valence-electron chi connectivity index (χ3n) is 5.33. The van der Waals surface area contributed by atoms with Crippen molar-refractivity contribution in [2.24, 2.45) is 11.8 Å². The minimum absolute atomic E-state index is 0.0299. The standard InChI is InChI=1S/C16H21NO4S/c1-17(11-4-9-6-12(18)7-10(9)5-11)16(19)15-14-13(8-22-15)20-2-3-21-14/h8-12,18H,2-7H2,1H3/t9-,10+,11?,12?. The van der Waals surface area contributed by atoms with Crippen LogP contribution in [0.15, 0.2) is 5.38 Å². The topological polar surface area (TPSA) is 59.0 Å². The van der Waals surface area contributed by atoms with Crippen molar-refractivity contribution >= 4 is 17.2 Å². The zero-order chi connectivity index (χ0) is 15.3. The number of carbonyl (C=O) groups excluding carboxylic acids is 1. The number of nitrogens with zero attached hydrogens (tertiary/aromatic N) is 1. The molecular formula is C16H21NO4S.